The van der Waals surface area contributed by atoms with Crippen molar-refractivity contribution in [2.45, 2.75) is 38.2 Å². The molecule has 0 saturated carbocycles. The lowest BCUT2D eigenvalue weighted by Gasteiger charge is -2.17. The summed E-state index contributed by atoms with van der Waals surface area (Å²) in [6.45, 7) is 2.20. The smallest absolute Gasteiger partial charge is 0.306 e. The Morgan fingerprint density at radius 1 is 1.14 bits per heavy atom. The predicted octanol–water partition coefficient (Wildman–Crippen LogP) is 6.17. The normalized spacial score (nSPS) is 18.0. The molecule has 0 amide bonds. The second-order valence-corrected chi connectivity index (χ2v) is 9.04. The molecule has 8 heteroatoms. The van der Waals surface area contributed by atoms with E-state index in [1.165, 1.54) is 13.2 Å². The third-order valence-corrected chi connectivity index (χ3v) is 6.72. The third kappa shape index (κ3) is 4.02. The summed E-state index contributed by atoms with van der Waals surface area (Å²) in [4.78, 5) is 16.0. The van der Waals surface area contributed by atoms with Gasteiger partial charge < -0.3 is 23.4 Å². The number of aryl methyl sites for hydroxylation is 1. The van der Waals surface area contributed by atoms with Crippen LogP contribution in [0.2, 0.25) is 0 Å². The molecular weight excluding hydrogens is 465 g/mol. The molecule has 0 fully saturated rings. The maximum atomic E-state index is 15.0. The minimum Gasteiger partial charge on any atom is -0.492 e. The summed E-state index contributed by atoms with van der Waals surface area (Å²) in [5.41, 5.74) is 3.65. The van der Waals surface area contributed by atoms with E-state index in [1.807, 2.05) is 30.3 Å². The number of esters is 1. The molecule has 36 heavy (non-hydrogen) atoms. The van der Waals surface area contributed by atoms with Gasteiger partial charge in [-0.25, -0.2) is 9.37 Å². The van der Waals surface area contributed by atoms with Crippen LogP contribution in [0.3, 0.4) is 0 Å². The van der Waals surface area contributed by atoms with Gasteiger partial charge in [-0.3, -0.25) is 4.79 Å². The lowest BCUT2D eigenvalue weighted by molar-refractivity contribution is -0.141. The van der Waals surface area contributed by atoms with Gasteiger partial charge in [-0.05, 0) is 43.2 Å². The van der Waals surface area contributed by atoms with E-state index < -0.39 is 6.10 Å². The van der Waals surface area contributed by atoms with Crippen LogP contribution in [-0.2, 0) is 16.0 Å². The maximum Gasteiger partial charge on any atom is 0.306 e. The Bertz CT molecular complexity index is 1480. The summed E-state index contributed by atoms with van der Waals surface area (Å²) in [5, 5.41) is 0. The van der Waals surface area contributed by atoms with Crippen molar-refractivity contribution in [2.75, 3.05) is 13.7 Å². The van der Waals surface area contributed by atoms with Crippen LogP contribution in [0.25, 0.3) is 11.1 Å². The monoisotopic (exact) mass is 489 g/mol. The minimum absolute atomic E-state index is 0.0498. The van der Waals surface area contributed by atoms with Crippen LogP contribution in [0.15, 0.2) is 52.9 Å². The molecule has 2 unspecified atom stereocenters. The first-order valence-corrected chi connectivity index (χ1v) is 11.8. The van der Waals surface area contributed by atoms with E-state index in [0.717, 1.165) is 11.1 Å². The number of carbonyl (C=O) groups excluding carboxylic acids is 1. The summed E-state index contributed by atoms with van der Waals surface area (Å²) in [7, 11) is 1.38. The standard InChI is InChI=1S/C28H24FNO6/c1-15-30-22-12-17(4-8-24(22)34-15)35-23-10-7-21(29)28-20(23)6-9-25(28)36-18-3-5-19-16(11-27(31)32-2)14-33-26(19)13-18/h3-5,7-8,10,12-13,16,25H,6,9,11,14H2,1-2H3. The van der Waals surface area contributed by atoms with Crippen molar-refractivity contribution in [2.24, 2.45) is 0 Å². The zero-order chi connectivity index (χ0) is 24.8. The lowest BCUT2D eigenvalue weighted by Crippen LogP contribution is -2.09. The highest BCUT2D eigenvalue weighted by atomic mass is 19.1. The summed E-state index contributed by atoms with van der Waals surface area (Å²) in [6, 6.07) is 14.0. The first-order valence-electron chi connectivity index (χ1n) is 11.8. The van der Waals surface area contributed by atoms with Crippen molar-refractivity contribution in [3.8, 4) is 23.0 Å². The molecule has 4 aromatic rings. The molecule has 7 nitrogen and oxygen atoms in total. The van der Waals surface area contributed by atoms with Gasteiger partial charge in [-0.15, -0.1) is 0 Å². The molecule has 0 N–H and O–H groups in total. The Morgan fingerprint density at radius 2 is 2.00 bits per heavy atom. The Labute approximate surface area is 206 Å². The Hall–Kier alpha value is -4.07. The Kier molecular flexibility index (Phi) is 5.51. The number of rotatable bonds is 6. The van der Waals surface area contributed by atoms with E-state index in [0.29, 0.717) is 65.0 Å². The van der Waals surface area contributed by atoms with E-state index in [1.54, 1.807) is 19.1 Å². The molecule has 3 aromatic carbocycles. The van der Waals surface area contributed by atoms with Crippen molar-refractivity contribution in [1.82, 2.24) is 4.98 Å². The van der Waals surface area contributed by atoms with Gasteiger partial charge in [0.15, 0.2) is 11.5 Å². The van der Waals surface area contributed by atoms with Crippen LogP contribution in [0.1, 0.15) is 47.4 Å². The summed E-state index contributed by atoms with van der Waals surface area (Å²) in [5.74, 6) is 2.40. The Morgan fingerprint density at radius 3 is 2.86 bits per heavy atom. The van der Waals surface area contributed by atoms with Gasteiger partial charge in [0.2, 0.25) is 0 Å². The van der Waals surface area contributed by atoms with Gasteiger partial charge in [0.25, 0.3) is 0 Å². The van der Waals surface area contributed by atoms with Gasteiger partial charge in [0, 0.05) is 41.7 Å². The molecule has 2 heterocycles. The molecule has 6 rings (SSSR count). The second-order valence-electron chi connectivity index (χ2n) is 9.04. The van der Waals surface area contributed by atoms with Gasteiger partial charge in [-0.2, -0.15) is 0 Å². The molecule has 2 aliphatic rings. The minimum atomic E-state index is -0.450. The van der Waals surface area contributed by atoms with E-state index in [4.69, 9.17) is 23.4 Å². The van der Waals surface area contributed by atoms with Crippen LogP contribution >= 0.6 is 0 Å². The molecule has 1 aliphatic carbocycles. The van der Waals surface area contributed by atoms with Crippen LogP contribution < -0.4 is 14.2 Å². The topological polar surface area (TPSA) is 80.0 Å². The van der Waals surface area contributed by atoms with E-state index >= 15 is 0 Å². The van der Waals surface area contributed by atoms with Crippen molar-refractivity contribution < 1.29 is 32.5 Å². The highest BCUT2D eigenvalue weighted by molar-refractivity contribution is 5.74. The fourth-order valence-corrected chi connectivity index (χ4v) is 5.02. The maximum absolute atomic E-state index is 15.0. The number of ether oxygens (including phenoxy) is 4. The molecule has 184 valence electrons. The molecule has 0 saturated heterocycles. The van der Waals surface area contributed by atoms with Crippen LogP contribution in [-0.4, -0.2) is 24.7 Å². The van der Waals surface area contributed by atoms with Gasteiger partial charge in [0.1, 0.15) is 40.4 Å². The molecule has 2 atom stereocenters. The fraction of sp³-hybridized carbons (Fsp3) is 0.286. The van der Waals surface area contributed by atoms with Crippen LogP contribution in [0.5, 0.6) is 23.0 Å². The van der Waals surface area contributed by atoms with Crippen molar-refractivity contribution in [3.63, 3.8) is 0 Å². The van der Waals surface area contributed by atoms with Crippen molar-refractivity contribution in [1.29, 1.82) is 0 Å². The lowest BCUT2D eigenvalue weighted by atomic mass is 9.98. The number of nitrogens with zero attached hydrogens (tertiary/aromatic N) is 1. The molecular formula is C28H24FNO6. The number of oxazole rings is 1. The van der Waals surface area contributed by atoms with Crippen molar-refractivity contribution in [3.05, 3.63) is 76.9 Å². The first kappa shape index (κ1) is 22.4. The summed E-state index contributed by atoms with van der Waals surface area (Å²) >= 11 is 0. The number of aromatic nitrogens is 1. The Balaban J connectivity index is 1.22. The quantitative estimate of drug-likeness (QED) is 0.300. The third-order valence-electron chi connectivity index (χ3n) is 6.72. The molecule has 1 aliphatic heterocycles. The number of halogens is 1. The molecule has 0 bridgehead atoms. The largest absolute Gasteiger partial charge is 0.492 e. The van der Waals surface area contributed by atoms with E-state index in [-0.39, 0.29) is 24.1 Å². The first-order chi connectivity index (χ1) is 17.5. The number of methoxy groups -OCH3 is 1. The fourth-order valence-electron chi connectivity index (χ4n) is 5.02. The zero-order valence-corrected chi connectivity index (χ0v) is 19.9. The van der Waals surface area contributed by atoms with Crippen molar-refractivity contribution >= 4 is 17.1 Å². The highest BCUT2D eigenvalue weighted by Crippen LogP contribution is 2.44. The molecule has 0 spiro atoms. The zero-order valence-electron chi connectivity index (χ0n) is 19.9. The van der Waals surface area contributed by atoms with E-state index in [9.17, 15) is 9.18 Å². The summed E-state index contributed by atoms with van der Waals surface area (Å²) in [6.07, 6.45) is 1.06. The molecule has 1 aromatic heterocycles. The second kappa shape index (κ2) is 8.86. The van der Waals surface area contributed by atoms with Gasteiger partial charge in [-0.1, -0.05) is 6.07 Å². The average molecular weight is 489 g/mol. The van der Waals surface area contributed by atoms with E-state index in [2.05, 4.69) is 4.98 Å². The average Bonchev–Trinajstić information content (AvgIpc) is 3.57. The number of hydrogen-bond acceptors (Lipinski definition) is 7. The predicted molar refractivity (Wildman–Crippen MR) is 128 cm³/mol. The van der Waals surface area contributed by atoms with Gasteiger partial charge in [0.05, 0.1) is 20.1 Å². The summed E-state index contributed by atoms with van der Waals surface area (Å²) < 4.78 is 43.4. The van der Waals surface area contributed by atoms with Crippen LogP contribution in [0, 0.1) is 12.7 Å². The number of benzene rings is 3. The highest BCUT2D eigenvalue weighted by Gasteiger charge is 2.32. The SMILES string of the molecule is COC(=O)CC1COc2cc(OC3CCc4c(Oc5ccc6oc(C)nc6c5)ccc(F)c43)ccc21. The number of fused-ring (bicyclic) bond motifs is 3. The van der Waals surface area contributed by atoms with Crippen LogP contribution in [0.4, 0.5) is 4.39 Å². The number of carbonyl (C=O) groups is 1. The van der Waals surface area contributed by atoms with Gasteiger partial charge >= 0.3 is 5.97 Å². The number of hydrogen-bond donors (Lipinski definition) is 0. The molecule has 0 radical (unpaired) electrons.